The van der Waals surface area contributed by atoms with E-state index in [1.807, 2.05) is 42.5 Å². The maximum Gasteiger partial charge on any atom is 0.416 e. The average Bonchev–Trinajstić information content (AvgIpc) is 3.42. The van der Waals surface area contributed by atoms with Crippen molar-refractivity contribution in [1.29, 1.82) is 0 Å². The van der Waals surface area contributed by atoms with Gasteiger partial charge in [-0.15, -0.1) is 0 Å². The van der Waals surface area contributed by atoms with Crippen LogP contribution >= 0.6 is 0 Å². The number of hydrogen-bond donors (Lipinski definition) is 0. The van der Waals surface area contributed by atoms with Gasteiger partial charge in [0.1, 0.15) is 11.9 Å². The van der Waals surface area contributed by atoms with Gasteiger partial charge in [0.05, 0.1) is 12.0 Å². The van der Waals surface area contributed by atoms with E-state index >= 15 is 0 Å². The molecule has 5 aromatic rings. The van der Waals surface area contributed by atoms with Crippen molar-refractivity contribution in [2.24, 2.45) is 0 Å². The highest BCUT2D eigenvalue weighted by atomic mass is 19.4. The third-order valence-corrected chi connectivity index (χ3v) is 8.39. The van der Waals surface area contributed by atoms with Crippen molar-refractivity contribution >= 4 is 11.1 Å². The molecule has 0 amide bonds. The van der Waals surface area contributed by atoms with E-state index in [2.05, 4.69) is 42.5 Å². The molecule has 230 valence electrons. The zero-order valence-electron chi connectivity index (χ0n) is 24.3. The molecule has 7 heteroatoms. The number of halogens is 6. The van der Waals surface area contributed by atoms with Crippen LogP contribution in [-0.4, -0.2) is 12.3 Å². The van der Waals surface area contributed by atoms with Crippen LogP contribution in [0.2, 0.25) is 0 Å². The summed E-state index contributed by atoms with van der Waals surface area (Å²) in [4.78, 5) is 0. The molecule has 0 saturated carbocycles. The van der Waals surface area contributed by atoms with Crippen LogP contribution in [0.5, 0.6) is 5.75 Å². The Labute approximate surface area is 262 Å². The highest BCUT2D eigenvalue weighted by Crippen LogP contribution is 2.43. The largest absolute Gasteiger partial charge is 0.485 e. The molecular weight excluding hydrogens is 598 g/mol. The Kier molecular flexibility index (Phi) is 7.35. The summed E-state index contributed by atoms with van der Waals surface area (Å²) in [7, 11) is 0. The molecule has 1 heterocycles. The number of benzene rings is 5. The lowest BCUT2D eigenvalue weighted by Crippen LogP contribution is -2.13. The summed E-state index contributed by atoms with van der Waals surface area (Å²) in [6, 6.07) is 33.8. The van der Waals surface area contributed by atoms with E-state index in [9.17, 15) is 26.3 Å². The molecule has 1 atom stereocenters. The number of alkyl halides is 6. The van der Waals surface area contributed by atoms with Gasteiger partial charge in [-0.05, 0) is 74.4 Å². The first-order valence-electron chi connectivity index (χ1n) is 14.8. The SMILES string of the molecule is FC(F)(F)Cc1cc(-c2ccc(-c3ccc(-c4ccc(C5=CCC6Oc7ccccc7C6=C5)cc4)cc3)cc2)cc(C(F)(F)F)c1. The van der Waals surface area contributed by atoms with Crippen LogP contribution in [0.4, 0.5) is 26.3 Å². The predicted molar refractivity (Wildman–Crippen MR) is 169 cm³/mol. The van der Waals surface area contributed by atoms with Crippen LogP contribution in [0.3, 0.4) is 0 Å². The minimum atomic E-state index is -4.76. The Morgan fingerprint density at radius 3 is 1.65 bits per heavy atom. The number of rotatable bonds is 5. The quantitative estimate of drug-likeness (QED) is 0.177. The molecule has 0 aromatic heterocycles. The van der Waals surface area contributed by atoms with Gasteiger partial charge in [0.25, 0.3) is 0 Å². The fourth-order valence-corrected chi connectivity index (χ4v) is 6.13. The maximum atomic E-state index is 13.4. The van der Waals surface area contributed by atoms with Crippen LogP contribution in [0.1, 0.15) is 28.7 Å². The molecule has 7 rings (SSSR count). The lowest BCUT2D eigenvalue weighted by atomic mass is 9.89. The summed E-state index contributed by atoms with van der Waals surface area (Å²) in [5.74, 6) is 0.928. The van der Waals surface area contributed by atoms with E-state index in [1.54, 1.807) is 24.3 Å². The van der Waals surface area contributed by atoms with Gasteiger partial charge in [-0.2, -0.15) is 26.3 Å². The van der Waals surface area contributed by atoms with Crippen LogP contribution in [0, 0.1) is 0 Å². The fraction of sp³-hybridized carbons (Fsp3) is 0.128. The van der Waals surface area contributed by atoms with Gasteiger partial charge in [-0.1, -0.05) is 103 Å². The molecule has 2 aliphatic rings. The second-order valence-corrected chi connectivity index (χ2v) is 11.5. The van der Waals surface area contributed by atoms with Gasteiger partial charge in [0.2, 0.25) is 0 Å². The van der Waals surface area contributed by atoms with Crippen molar-refractivity contribution in [1.82, 2.24) is 0 Å². The molecule has 0 bridgehead atoms. The van der Waals surface area contributed by atoms with E-state index in [4.69, 9.17) is 4.74 Å². The number of fused-ring (bicyclic) bond motifs is 3. The summed E-state index contributed by atoms with van der Waals surface area (Å²) in [6.07, 6.45) is -5.51. The highest BCUT2D eigenvalue weighted by molar-refractivity contribution is 5.91. The Morgan fingerprint density at radius 2 is 1.11 bits per heavy atom. The topological polar surface area (TPSA) is 9.23 Å². The van der Waals surface area contributed by atoms with Crippen LogP contribution in [0.25, 0.3) is 44.5 Å². The van der Waals surface area contributed by atoms with Crippen molar-refractivity contribution < 1.29 is 31.1 Å². The number of allylic oxidation sites excluding steroid dienone is 2. The van der Waals surface area contributed by atoms with E-state index in [0.717, 1.165) is 51.6 Å². The summed E-state index contributed by atoms with van der Waals surface area (Å²) in [5, 5.41) is 0. The summed E-state index contributed by atoms with van der Waals surface area (Å²) < 4.78 is 85.3. The molecular formula is C39H26F6O. The predicted octanol–water partition coefficient (Wildman–Crippen LogP) is 11.4. The molecule has 1 aliphatic heterocycles. The van der Waals surface area contributed by atoms with E-state index in [1.165, 1.54) is 17.2 Å². The molecule has 1 nitrogen and oxygen atoms in total. The van der Waals surface area contributed by atoms with Crippen molar-refractivity contribution in [3.05, 3.63) is 150 Å². The van der Waals surface area contributed by atoms with E-state index in [0.29, 0.717) is 11.6 Å². The Balaban J connectivity index is 1.08. The van der Waals surface area contributed by atoms with Gasteiger partial charge >= 0.3 is 12.4 Å². The normalized spacial score (nSPS) is 15.8. The molecule has 1 aliphatic carbocycles. The molecule has 0 saturated heterocycles. The third kappa shape index (κ3) is 6.10. The van der Waals surface area contributed by atoms with E-state index in [-0.39, 0.29) is 11.7 Å². The molecule has 0 fully saturated rings. The summed E-state index contributed by atoms with van der Waals surface area (Å²) >= 11 is 0. The number of para-hydroxylation sites is 1. The first kappa shape index (κ1) is 29.7. The van der Waals surface area contributed by atoms with Crippen LogP contribution < -0.4 is 4.74 Å². The summed E-state index contributed by atoms with van der Waals surface area (Å²) in [6.45, 7) is 0. The third-order valence-electron chi connectivity index (χ3n) is 8.39. The molecule has 0 radical (unpaired) electrons. The monoisotopic (exact) mass is 624 g/mol. The van der Waals surface area contributed by atoms with Crippen LogP contribution in [-0.2, 0) is 12.6 Å². The zero-order valence-corrected chi connectivity index (χ0v) is 24.3. The van der Waals surface area contributed by atoms with Crippen molar-refractivity contribution in [3.8, 4) is 39.1 Å². The first-order valence-corrected chi connectivity index (χ1v) is 14.8. The second-order valence-electron chi connectivity index (χ2n) is 11.5. The standard InChI is InChI=1S/C39H26F6O/c40-38(41,42)23-24-19-32(21-33(20-24)39(43,44)45)30-15-11-28(12-16-30)26-7-5-25(6-8-26)27-9-13-29(14-10-27)31-17-18-37-35(22-31)34-3-1-2-4-36(34)46-37/h1-17,19-22,37H,18,23H2. The van der Waals surface area contributed by atoms with Gasteiger partial charge in [0, 0.05) is 17.6 Å². The average molecular weight is 625 g/mol. The minimum Gasteiger partial charge on any atom is -0.485 e. The fourth-order valence-electron chi connectivity index (χ4n) is 6.13. The molecule has 1 unspecified atom stereocenters. The van der Waals surface area contributed by atoms with Gasteiger partial charge in [-0.3, -0.25) is 0 Å². The first-order chi connectivity index (χ1) is 22.0. The molecule has 46 heavy (non-hydrogen) atoms. The number of hydrogen-bond acceptors (Lipinski definition) is 1. The van der Waals surface area contributed by atoms with Crippen LogP contribution in [0.15, 0.2) is 127 Å². The Hall–Kier alpha value is -5.04. The minimum absolute atomic E-state index is 0.0619. The van der Waals surface area contributed by atoms with Crippen molar-refractivity contribution in [2.45, 2.75) is 31.3 Å². The van der Waals surface area contributed by atoms with Crippen molar-refractivity contribution in [2.75, 3.05) is 0 Å². The lowest BCUT2D eigenvalue weighted by molar-refractivity contribution is -0.138. The lowest BCUT2D eigenvalue weighted by Gasteiger charge is -2.17. The smallest absolute Gasteiger partial charge is 0.416 e. The van der Waals surface area contributed by atoms with E-state index < -0.39 is 29.9 Å². The maximum absolute atomic E-state index is 13.4. The zero-order chi connectivity index (χ0) is 32.1. The Morgan fingerprint density at radius 1 is 0.587 bits per heavy atom. The molecule has 5 aromatic carbocycles. The summed E-state index contributed by atoms with van der Waals surface area (Å²) in [5.41, 5.74) is 7.43. The number of ether oxygens (including phenoxy) is 1. The second kappa shape index (κ2) is 11.4. The Bertz CT molecular complexity index is 1960. The van der Waals surface area contributed by atoms with Crippen molar-refractivity contribution in [3.63, 3.8) is 0 Å². The van der Waals surface area contributed by atoms with Gasteiger partial charge in [0.15, 0.2) is 0 Å². The van der Waals surface area contributed by atoms with Gasteiger partial charge in [-0.25, -0.2) is 0 Å². The highest BCUT2D eigenvalue weighted by Gasteiger charge is 2.34. The van der Waals surface area contributed by atoms with Gasteiger partial charge < -0.3 is 4.74 Å². The molecule has 0 spiro atoms. The molecule has 0 N–H and O–H groups in total.